The van der Waals surface area contributed by atoms with Crippen molar-refractivity contribution >= 4 is 19.8 Å². The van der Waals surface area contributed by atoms with E-state index in [0.717, 1.165) is 18.8 Å². The van der Waals surface area contributed by atoms with E-state index in [9.17, 15) is 0 Å². The molecule has 2 heteroatoms. The molecule has 0 aromatic heterocycles. The fourth-order valence-corrected chi connectivity index (χ4v) is 3.29. The predicted octanol–water partition coefficient (Wildman–Crippen LogP) is 2.56. The van der Waals surface area contributed by atoms with Crippen LogP contribution >= 0.6 is 19.8 Å². The molecule has 0 bridgehead atoms. The third-order valence-electron chi connectivity index (χ3n) is 2.09. The van der Waals surface area contributed by atoms with E-state index in [0.29, 0.717) is 0 Å². The number of fused-ring (bicyclic) bond motifs is 1. The van der Waals surface area contributed by atoms with Gasteiger partial charge in [-0.25, -0.2) is 0 Å². The first-order valence-corrected chi connectivity index (χ1v) is 9.42. The van der Waals surface area contributed by atoms with Crippen molar-refractivity contribution in [1.82, 2.24) is 0 Å². The number of halogens is 1. The normalized spacial score (nSPS) is 15.3. The van der Waals surface area contributed by atoms with E-state index in [2.05, 4.69) is 28.1 Å². The molecule has 12 heavy (non-hydrogen) atoms. The summed E-state index contributed by atoms with van der Waals surface area (Å²) in [4.78, 5) is 4.75. The van der Waals surface area contributed by atoms with Gasteiger partial charge in [-0.05, 0) is 0 Å². The van der Waals surface area contributed by atoms with E-state index < -0.39 is 19.8 Å². The Morgan fingerprint density at radius 1 is 1.33 bits per heavy atom. The first-order chi connectivity index (χ1) is 5.77. The molecule has 0 atom stereocenters. The van der Waals surface area contributed by atoms with Crippen LogP contribution in [0.25, 0.3) is 0 Å². The summed E-state index contributed by atoms with van der Waals surface area (Å²) >= 11 is -0.778. The zero-order valence-corrected chi connectivity index (χ0v) is 9.59. The topological polar surface area (TPSA) is 9.23 Å². The van der Waals surface area contributed by atoms with E-state index in [4.69, 9.17) is 4.74 Å². The van der Waals surface area contributed by atoms with Gasteiger partial charge in [0, 0.05) is 0 Å². The average molecular weight is 276 g/mol. The summed E-state index contributed by atoms with van der Waals surface area (Å²) in [7, 11) is 0. The molecule has 1 aromatic carbocycles. The first kappa shape index (κ1) is 8.35. The molecule has 0 amide bonds. The Morgan fingerprint density at radius 3 is 2.92 bits per heavy atom. The van der Waals surface area contributed by atoms with Crippen LogP contribution in [0.4, 0.5) is 0 Å². The standard InChI is InChI=1S/C10H13IO/c1-11(2)9-3-4-10-8(7-9)5-6-12-10/h3-4,7H,5-6H2,1-2H3. The van der Waals surface area contributed by atoms with Crippen LogP contribution in [0.5, 0.6) is 5.75 Å². The molecule has 0 saturated heterocycles. The molecule has 66 valence electrons. The minimum atomic E-state index is -0.778. The van der Waals surface area contributed by atoms with Gasteiger partial charge in [-0.1, -0.05) is 0 Å². The molecule has 0 aliphatic carbocycles. The maximum atomic E-state index is 5.45. The number of alkyl halides is 2. The van der Waals surface area contributed by atoms with Crippen LogP contribution in [-0.2, 0) is 6.42 Å². The van der Waals surface area contributed by atoms with Gasteiger partial charge in [-0.3, -0.25) is 0 Å². The third-order valence-corrected chi connectivity index (χ3v) is 5.25. The van der Waals surface area contributed by atoms with Crippen molar-refractivity contribution in [2.45, 2.75) is 6.42 Å². The Hall–Kier alpha value is -0.250. The summed E-state index contributed by atoms with van der Waals surface area (Å²) in [5.41, 5.74) is 1.42. The van der Waals surface area contributed by atoms with E-state index in [1.54, 1.807) is 3.57 Å². The van der Waals surface area contributed by atoms with Crippen molar-refractivity contribution in [3.8, 4) is 5.75 Å². The molecule has 0 N–H and O–H groups in total. The zero-order valence-electron chi connectivity index (χ0n) is 7.43. The Bertz CT molecular complexity index is 294. The first-order valence-electron chi connectivity index (χ1n) is 4.03. The van der Waals surface area contributed by atoms with E-state index in [1.807, 2.05) is 0 Å². The van der Waals surface area contributed by atoms with Gasteiger partial charge < -0.3 is 0 Å². The fourth-order valence-electron chi connectivity index (χ4n) is 1.39. The quantitative estimate of drug-likeness (QED) is 0.566. The van der Waals surface area contributed by atoms with Crippen LogP contribution < -0.4 is 4.74 Å². The maximum absolute atomic E-state index is 5.45. The number of hydrogen-bond donors (Lipinski definition) is 0. The fraction of sp³-hybridized carbons (Fsp3) is 0.400. The summed E-state index contributed by atoms with van der Waals surface area (Å²) in [5.74, 6) is 1.11. The molecule has 0 fully saturated rings. The Labute approximate surface area is 80.5 Å². The van der Waals surface area contributed by atoms with Gasteiger partial charge in [-0.2, -0.15) is 0 Å². The predicted molar refractivity (Wildman–Crippen MR) is 60.2 cm³/mol. The van der Waals surface area contributed by atoms with Crippen molar-refractivity contribution in [2.75, 3.05) is 16.5 Å². The zero-order chi connectivity index (χ0) is 8.55. The molecular weight excluding hydrogens is 263 g/mol. The van der Waals surface area contributed by atoms with Gasteiger partial charge in [0.25, 0.3) is 0 Å². The second-order valence-corrected chi connectivity index (χ2v) is 8.67. The molecule has 0 unspecified atom stereocenters. The van der Waals surface area contributed by atoms with Crippen molar-refractivity contribution in [2.24, 2.45) is 0 Å². The molecule has 0 saturated carbocycles. The molecule has 1 nitrogen and oxygen atoms in total. The van der Waals surface area contributed by atoms with Crippen LogP contribution in [0, 0.1) is 3.57 Å². The van der Waals surface area contributed by atoms with Crippen molar-refractivity contribution < 1.29 is 4.74 Å². The minimum absolute atomic E-state index is 0.778. The van der Waals surface area contributed by atoms with E-state index >= 15 is 0 Å². The SMILES string of the molecule is CI(C)c1ccc2c(c1)CCO2. The van der Waals surface area contributed by atoms with Gasteiger partial charge in [-0.15, -0.1) is 0 Å². The van der Waals surface area contributed by atoms with Crippen LogP contribution in [0.2, 0.25) is 0 Å². The Morgan fingerprint density at radius 2 is 2.17 bits per heavy atom. The Kier molecular flexibility index (Phi) is 2.26. The Balaban J connectivity index is 2.39. The van der Waals surface area contributed by atoms with Crippen molar-refractivity contribution in [3.63, 3.8) is 0 Å². The molecule has 1 aliphatic rings. The van der Waals surface area contributed by atoms with Gasteiger partial charge in [0.1, 0.15) is 0 Å². The van der Waals surface area contributed by atoms with E-state index in [1.165, 1.54) is 5.56 Å². The van der Waals surface area contributed by atoms with Crippen LogP contribution in [0.3, 0.4) is 0 Å². The second kappa shape index (κ2) is 3.24. The van der Waals surface area contributed by atoms with Gasteiger partial charge in [0.05, 0.1) is 0 Å². The number of benzene rings is 1. The van der Waals surface area contributed by atoms with Crippen molar-refractivity contribution in [1.29, 1.82) is 0 Å². The summed E-state index contributed by atoms with van der Waals surface area (Å²) in [5, 5.41) is 0. The summed E-state index contributed by atoms with van der Waals surface area (Å²) in [6.45, 7) is 0.875. The average Bonchev–Trinajstić information content (AvgIpc) is 2.49. The molecule has 2 rings (SSSR count). The monoisotopic (exact) mass is 276 g/mol. The van der Waals surface area contributed by atoms with Gasteiger partial charge in [0.2, 0.25) is 0 Å². The third kappa shape index (κ3) is 1.44. The van der Waals surface area contributed by atoms with Crippen LogP contribution in [0.1, 0.15) is 5.56 Å². The molecule has 1 aromatic rings. The van der Waals surface area contributed by atoms with Crippen LogP contribution in [0.15, 0.2) is 18.2 Å². The summed E-state index contributed by atoms with van der Waals surface area (Å²) in [6.07, 6.45) is 1.10. The molecule has 0 spiro atoms. The van der Waals surface area contributed by atoms with Gasteiger partial charge in [0.15, 0.2) is 0 Å². The second-order valence-electron chi connectivity index (χ2n) is 3.11. The number of ether oxygens (including phenoxy) is 1. The van der Waals surface area contributed by atoms with Gasteiger partial charge >= 0.3 is 80.5 Å². The molecule has 1 aliphatic heterocycles. The van der Waals surface area contributed by atoms with Crippen LogP contribution in [-0.4, -0.2) is 16.5 Å². The van der Waals surface area contributed by atoms with Crippen molar-refractivity contribution in [3.05, 3.63) is 27.3 Å². The number of rotatable bonds is 1. The summed E-state index contributed by atoms with van der Waals surface area (Å²) < 4.78 is 7.02. The molecule has 1 heterocycles. The molecular formula is C10H13IO. The molecule has 0 radical (unpaired) electrons. The van der Waals surface area contributed by atoms with E-state index in [-0.39, 0.29) is 0 Å². The number of hydrogen-bond acceptors (Lipinski definition) is 1. The summed E-state index contributed by atoms with van der Waals surface area (Å²) in [6, 6.07) is 6.71.